The first kappa shape index (κ1) is 84.8. The van der Waals surface area contributed by atoms with Gasteiger partial charge in [0.15, 0.2) is 0 Å². The van der Waals surface area contributed by atoms with Crippen molar-refractivity contribution < 1.29 is 24.5 Å². The van der Waals surface area contributed by atoms with Crippen molar-refractivity contribution in [1.82, 2.24) is 5.32 Å². The Balaban J connectivity index is 3.39. The number of aliphatic hydroxyl groups excluding tert-OH is 2. The van der Waals surface area contributed by atoms with E-state index in [1.165, 1.54) is 353 Å². The van der Waals surface area contributed by atoms with E-state index in [0.717, 1.165) is 51.4 Å². The summed E-state index contributed by atoms with van der Waals surface area (Å²) in [6, 6.07) is -0.628. The minimum absolute atomic E-state index is 0.00903. The highest BCUT2D eigenvalue weighted by Gasteiger charge is 2.18. The Morgan fingerprint density at radius 3 is 0.885 bits per heavy atom. The summed E-state index contributed by atoms with van der Waals surface area (Å²) < 4.78 is 5.49. The van der Waals surface area contributed by atoms with Crippen molar-refractivity contribution in [2.75, 3.05) is 13.2 Å². The summed E-state index contributed by atoms with van der Waals surface area (Å²) in [5.74, 6) is -0.0528. The first-order valence-electron chi connectivity index (χ1n) is 39.4. The minimum atomic E-state index is -0.844. The zero-order chi connectivity index (χ0) is 62.8. The molecule has 0 fully saturated rings. The topological polar surface area (TPSA) is 95.9 Å². The number of nitrogens with one attached hydrogen (secondary N) is 1. The third-order valence-electron chi connectivity index (χ3n) is 18.3. The molecule has 0 radical (unpaired) electrons. The summed E-state index contributed by atoms with van der Waals surface area (Å²) in [4.78, 5) is 24.6. The quantitative estimate of drug-likeness (QED) is 0.0320. The Morgan fingerprint density at radius 1 is 0.322 bits per heavy atom. The van der Waals surface area contributed by atoms with Gasteiger partial charge >= 0.3 is 5.97 Å². The summed E-state index contributed by atoms with van der Waals surface area (Å²) in [6.45, 7) is 4.93. The lowest BCUT2D eigenvalue weighted by Gasteiger charge is -2.20. The Labute approximate surface area is 544 Å². The molecule has 0 aromatic rings. The number of ether oxygens (including phenoxy) is 1. The second-order valence-electron chi connectivity index (χ2n) is 27.0. The predicted octanol–water partition coefficient (Wildman–Crippen LogP) is 26.0. The molecule has 0 rings (SSSR count). The molecule has 2 atom stereocenters. The van der Waals surface area contributed by atoms with Gasteiger partial charge in [-0.2, -0.15) is 0 Å². The molecule has 0 aromatic heterocycles. The van der Waals surface area contributed by atoms with E-state index in [-0.39, 0.29) is 18.5 Å². The molecule has 87 heavy (non-hydrogen) atoms. The number of esters is 1. The number of amides is 1. The molecule has 0 saturated carbocycles. The molecule has 0 heterocycles. The van der Waals surface area contributed by atoms with Crippen LogP contribution in [0, 0.1) is 0 Å². The Bertz CT molecular complexity index is 1450. The van der Waals surface area contributed by atoms with E-state index in [4.69, 9.17) is 4.74 Å². The van der Waals surface area contributed by atoms with Gasteiger partial charge in [0.2, 0.25) is 5.91 Å². The van der Waals surface area contributed by atoms with E-state index in [2.05, 4.69) is 55.6 Å². The van der Waals surface area contributed by atoms with Gasteiger partial charge in [-0.25, -0.2) is 0 Å². The molecule has 6 heteroatoms. The zero-order valence-electron chi connectivity index (χ0n) is 58.8. The van der Waals surface area contributed by atoms with E-state index < -0.39 is 12.1 Å². The van der Waals surface area contributed by atoms with Crippen molar-refractivity contribution in [2.24, 2.45) is 0 Å². The normalized spacial score (nSPS) is 12.7. The standard InChI is InChI=1S/C81H153NO5/c1-3-5-7-9-11-13-15-17-19-20-21-39-42-46-49-53-57-61-65-69-73-79(84)78(77-83)82-80(85)74-70-66-62-58-54-50-47-43-40-37-35-33-31-29-27-25-23-22-24-26-28-30-32-34-36-38-41-44-48-52-56-60-64-68-72-76-87-81(86)75-71-67-63-59-55-51-45-18-16-14-12-10-8-6-4-2/h18,24,26,30,32,45,69,73,78-79,83-84H,3-17,19-23,25,27-29,31,33-44,46-68,70-72,74-77H2,1-2H3,(H,82,85)/b26-24-,32-30-,45-18-,73-69+. The lowest BCUT2D eigenvalue weighted by Crippen LogP contribution is -2.45. The Morgan fingerprint density at radius 2 is 0.575 bits per heavy atom. The van der Waals surface area contributed by atoms with E-state index in [0.29, 0.717) is 19.4 Å². The number of hydrogen-bond donors (Lipinski definition) is 3. The predicted molar refractivity (Wildman–Crippen MR) is 384 cm³/mol. The fourth-order valence-electron chi connectivity index (χ4n) is 12.3. The van der Waals surface area contributed by atoms with Crippen LogP contribution in [0.3, 0.4) is 0 Å². The largest absolute Gasteiger partial charge is 0.466 e. The molecular formula is C81H153NO5. The van der Waals surface area contributed by atoms with Crippen LogP contribution in [0.2, 0.25) is 0 Å². The molecule has 512 valence electrons. The molecule has 3 N–H and O–H groups in total. The third-order valence-corrected chi connectivity index (χ3v) is 18.3. The van der Waals surface area contributed by atoms with Gasteiger partial charge < -0.3 is 20.3 Å². The van der Waals surface area contributed by atoms with Crippen LogP contribution >= 0.6 is 0 Å². The van der Waals surface area contributed by atoms with Crippen LogP contribution in [0.1, 0.15) is 431 Å². The summed E-state index contributed by atoms with van der Waals surface area (Å²) in [7, 11) is 0. The molecule has 1 amide bonds. The van der Waals surface area contributed by atoms with E-state index in [1.54, 1.807) is 6.08 Å². The first-order valence-corrected chi connectivity index (χ1v) is 39.4. The lowest BCUT2D eigenvalue weighted by atomic mass is 10.0. The number of hydrogen-bond acceptors (Lipinski definition) is 5. The van der Waals surface area contributed by atoms with E-state index >= 15 is 0 Å². The summed E-state index contributed by atoms with van der Waals surface area (Å²) >= 11 is 0. The maximum absolute atomic E-state index is 12.5. The molecule has 6 nitrogen and oxygen atoms in total. The molecule has 0 aromatic carbocycles. The Hall–Kier alpha value is -2.18. The van der Waals surface area contributed by atoms with Gasteiger partial charge in [0.25, 0.3) is 0 Å². The molecule has 0 bridgehead atoms. The highest BCUT2D eigenvalue weighted by molar-refractivity contribution is 5.76. The third kappa shape index (κ3) is 72.8. The first-order chi connectivity index (χ1) is 43.0. The van der Waals surface area contributed by atoms with Crippen LogP contribution < -0.4 is 5.32 Å². The maximum atomic E-state index is 12.5. The van der Waals surface area contributed by atoms with Crippen LogP contribution in [0.15, 0.2) is 48.6 Å². The second-order valence-corrected chi connectivity index (χ2v) is 27.0. The Kier molecular flexibility index (Phi) is 74.4. The van der Waals surface area contributed by atoms with Gasteiger partial charge in [-0.05, 0) is 89.9 Å². The van der Waals surface area contributed by atoms with Gasteiger partial charge in [-0.1, -0.05) is 377 Å². The maximum Gasteiger partial charge on any atom is 0.305 e. The van der Waals surface area contributed by atoms with Crippen LogP contribution in [0.4, 0.5) is 0 Å². The molecule has 0 aliphatic rings. The van der Waals surface area contributed by atoms with Crippen molar-refractivity contribution in [3.8, 4) is 0 Å². The van der Waals surface area contributed by atoms with Gasteiger partial charge in [0, 0.05) is 12.8 Å². The molecule has 0 spiro atoms. The molecule has 0 aliphatic carbocycles. The summed E-state index contributed by atoms with van der Waals surface area (Å²) in [5.41, 5.74) is 0. The number of aliphatic hydroxyl groups is 2. The summed E-state index contributed by atoms with van der Waals surface area (Å²) in [5, 5.41) is 23.3. The summed E-state index contributed by atoms with van der Waals surface area (Å²) in [6.07, 6.45) is 101. The lowest BCUT2D eigenvalue weighted by molar-refractivity contribution is -0.143. The number of carbonyl (C=O) groups is 2. The average Bonchev–Trinajstić information content (AvgIpc) is 3.52. The fourth-order valence-corrected chi connectivity index (χ4v) is 12.3. The molecule has 0 aliphatic heterocycles. The SMILES string of the molecule is CCCCCCCC/C=C\CCCCCCCC(=O)OCCCCCCCCCCCCC/C=C\C/C=C\CCCCCCCCCCCCCCCCCCCC(=O)NC(CO)C(O)/C=C/CCCCCCCCCCCCCCCCCCCC. The number of rotatable bonds is 74. The number of carbonyl (C=O) groups excluding carboxylic acids is 2. The van der Waals surface area contributed by atoms with Crippen LogP contribution in [0.25, 0.3) is 0 Å². The zero-order valence-corrected chi connectivity index (χ0v) is 58.8. The van der Waals surface area contributed by atoms with Crippen molar-refractivity contribution in [3.63, 3.8) is 0 Å². The van der Waals surface area contributed by atoms with Crippen molar-refractivity contribution in [2.45, 2.75) is 443 Å². The van der Waals surface area contributed by atoms with Crippen LogP contribution in [0.5, 0.6) is 0 Å². The molecule has 2 unspecified atom stereocenters. The highest BCUT2D eigenvalue weighted by atomic mass is 16.5. The molecular weight excluding hydrogens is 1070 g/mol. The van der Waals surface area contributed by atoms with Crippen LogP contribution in [-0.4, -0.2) is 47.4 Å². The fraction of sp³-hybridized carbons (Fsp3) is 0.877. The van der Waals surface area contributed by atoms with Gasteiger partial charge in [0.1, 0.15) is 0 Å². The van der Waals surface area contributed by atoms with Crippen molar-refractivity contribution >= 4 is 11.9 Å². The van der Waals surface area contributed by atoms with Gasteiger partial charge in [-0.15, -0.1) is 0 Å². The van der Waals surface area contributed by atoms with Gasteiger partial charge in [-0.3, -0.25) is 9.59 Å². The van der Waals surface area contributed by atoms with E-state index in [9.17, 15) is 19.8 Å². The van der Waals surface area contributed by atoms with Gasteiger partial charge in [0.05, 0.1) is 25.4 Å². The minimum Gasteiger partial charge on any atom is -0.466 e. The van der Waals surface area contributed by atoms with E-state index in [1.807, 2.05) is 6.08 Å². The highest BCUT2D eigenvalue weighted by Crippen LogP contribution is 2.19. The smallest absolute Gasteiger partial charge is 0.305 e. The molecule has 0 saturated heterocycles. The second kappa shape index (κ2) is 76.3. The van der Waals surface area contributed by atoms with Crippen molar-refractivity contribution in [3.05, 3.63) is 48.6 Å². The average molecular weight is 1220 g/mol. The number of unbranched alkanes of at least 4 members (excludes halogenated alkanes) is 57. The monoisotopic (exact) mass is 1220 g/mol. The van der Waals surface area contributed by atoms with Crippen LogP contribution in [-0.2, 0) is 14.3 Å². The van der Waals surface area contributed by atoms with Crippen molar-refractivity contribution in [1.29, 1.82) is 0 Å². The number of allylic oxidation sites excluding steroid dienone is 7.